The first-order valence-electron chi connectivity index (χ1n) is 10.4. The second-order valence-electron chi connectivity index (χ2n) is 7.98. The van der Waals surface area contributed by atoms with E-state index in [-0.39, 0.29) is 35.7 Å². The Morgan fingerprint density at radius 1 is 1.16 bits per heavy atom. The number of hydrogen-bond donors (Lipinski definition) is 1. The minimum Gasteiger partial charge on any atom is -0.491 e. The van der Waals surface area contributed by atoms with E-state index in [0.29, 0.717) is 22.3 Å². The van der Waals surface area contributed by atoms with Gasteiger partial charge in [-0.2, -0.15) is 4.98 Å². The molecule has 3 aromatic rings. The van der Waals surface area contributed by atoms with Crippen LogP contribution in [0.3, 0.4) is 0 Å². The summed E-state index contributed by atoms with van der Waals surface area (Å²) in [6, 6.07) is 13.7. The highest BCUT2D eigenvalue weighted by Crippen LogP contribution is 2.36. The summed E-state index contributed by atoms with van der Waals surface area (Å²) in [5, 5.41) is 3.33. The summed E-state index contributed by atoms with van der Waals surface area (Å²) in [5.41, 5.74) is 1.90. The average Bonchev–Trinajstić information content (AvgIpc) is 2.76. The highest BCUT2D eigenvalue weighted by atomic mass is 32.2. The van der Waals surface area contributed by atoms with Gasteiger partial charge in [0, 0.05) is 25.1 Å². The van der Waals surface area contributed by atoms with Crippen molar-refractivity contribution in [3.63, 3.8) is 0 Å². The van der Waals surface area contributed by atoms with E-state index in [1.54, 1.807) is 23.7 Å². The highest BCUT2D eigenvalue weighted by Gasteiger charge is 2.32. The Morgan fingerprint density at radius 2 is 1.84 bits per heavy atom. The van der Waals surface area contributed by atoms with Crippen molar-refractivity contribution in [1.29, 1.82) is 0 Å². The lowest BCUT2D eigenvalue weighted by Crippen LogP contribution is -2.33. The van der Waals surface area contributed by atoms with Gasteiger partial charge in [-0.05, 0) is 49.2 Å². The number of aromatic nitrogens is 2. The number of amides is 1. The van der Waals surface area contributed by atoms with Gasteiger partial charge in [0.15, 0.2) is 5.16 Å². The fraction of sp³-hybridized carbons (Fsp3) is 0.292. The van der Waals surface area contributed by atoms with Gasteiger partial charge >= 0.3 is 0 Å². The van der Waals surface area contributed by atoms with Crippen LogP contribution in [0.25, 0.3) is 0 Å². The van der Waals surface area contributed by atoms with Crippen molar-refractivity contribution >= 4 is 23.5 Å². The van der Waals surface area contributed by atoms with E-state index in [0.717, 1.165) is 16.9 Å². The number of carbonyl (C=O) groups is 1. The number of nitrogens with one attached hydrogen (secondary N) is 1. The van der Waals surface area contributed by atoms with Gasteiger partial charge in [0.25, 0.3) is 5.56 Å². The van der Waals surface area contributed by atoms with Gasteiger partial charge < -0.3 is 14.6 Å². The number of halogens is 1. The predicted molar refractivity (Wildman–Crippen MR) is 123 cm³/mol. The van der Waals surface area contributed by atoms with Gasteiger partial charge in [-0.3, -0.25) is 9.59 Å². The number of hydrogen-bond acceptors (Lipinski definition) is 5. The first kappa shape index (κ1) is 22.1. The first-order chi connectivity index (χ1) is 15.3. The van der Waals surface area contributed by atoms with Crippen molar-refractivity contribution in [1.82, 2.24) is 9.55 Å². The molecule has 1 unspecified atom stereocenters. The van der Waals surface area contributed by atoms with E-state index in [1.165, 1.54) is 23.9 Å². The van der Waals surface area contributed by atoms with E-state index in [1.807, 2.05) is 38.1 Å². The summed E-state index contributed by atoms with van der Waals surface area (Å²) >= 11 is 1.36. The smallest absolute Gasteiger partial charge is 0.279 e. The number of fused-ring (bicyclic) bond motifs is 1. The molecule has 2 heterocycles. The molecule has 32 heavy (non-hydrogen) atoms. The fourth-order valence-electron chi connectivity index (χ4n) is 3.73. The van der Waals surface area contributed by atoms with Crippen molar-refractivity contribution in [2.75, 3.05) is 5.32 Å². The molecule has 1 atom stereocenters. The third-order valence-corrected chi connectivity index (χ3v) is 6.34. The Labute approximate surface area is 189 Å². The second-order valence-corrected chi connectivity index (χ2v) is 8.92. The number of carbonyl (C=O) groups excluding carboxylic acids is 1. The van der Waals surface area contributed by atoms with Crippen LogP contribution in [-0.2, 0) is 17.6 Å². The molecule has 1 aliphatic rings. The molecule has 0 aliphatic carbocycles. The van der Waals surface area contributed by atoms with Gasteiger partial charge in [0.1, 0.15) is 17.4 Å². The quantitative estimate of drug-likeness (QED) is 0.440. The number of anilines is 1. The van der Waals surface area contributed by atoms with Crippen molar-refractivity contribution in [2.45, 2.75) is 43.2 Å². The maximum absolute atomic E-state index is 13.1. The van der Waals surface area contributed by atoms with E-state index in [4.69, 9.17) is 4.74 Å². The molecule has 0 saturated carbocycles. The fourth-order valence-corrected chi connectivity index (χ4v) is 4.65. The molecule has 6 nitrogen and oxygen atoms in total. The summed E-state index contributed by atoms with van der Waals surface area (Å²) < 4.78 is 20.6. The van der Waals surface area contributed by atoms with Crippen LogP contribution >= 0.6 is 11.8 Å². The maximum atomic E-state index is 13.1. The third kappa shape index (κ3) is 4.70. The van der Waals surface area contributed by atoms with Crippen LogP contribution < -0.4 is 15.6 Å². The molecule has 4 rings (SSSR count). The van der Waals surface area contributed by atoms with Crippen LogP contribution in [0.1, 0.15) is 42.9 Å². The molecule has 1 aliphatic heterocycles. The van der Waals surface area contributed by atoms with Crippen LogP contribution in [0.4, 0.5) is 10.2 Å². The zero-order valence-electron chi connectivity index (χ0n) is 18.1. The second kappa shape index (κ2) is 9.16. The number of benzene rings is 2. The van der Waals surface area contributed by atoms with Gasteiger partial charge in [-0.15, -0.1) is 0 Å². The van der Waals surface area contributed by atoms with Crippen LogP contribution in [-0.4, -0.2) is 21.6 Å². The normalized spacial score (nSPS) is 15.4. The van der Waals surface area contributed by atoms with Gasteiger partial charge in [-0.25, -0.2) is 4.39 Å². The lowest BCUT2D eigenvalue weighted by Gasteiger charge is -2.27. The summed E-state index contributed by atoms with van der Waals surface area (Å²) in [7, 11) is 1.78. The maximum Gasteiger partial charge on any atom is 0.279 e. The standard InChI is InChI=1S/C24H24FN3O3S/c1-14(2)31-18-10-6-16(7-11-18)19-12-20(29)26-22-21(19)23(30)27-24(28(22)3)32-13-15-4-8-17(25)9-5-15/h4-11,14,19H,12-13H2,1-3H3,(H,26,29). The minimum absolute atomic E-state index is 0.0596. The van der Waals surface area contributed by atoms with Crippen molar-refractivity contribution in [2.24, 2.45) is 7.05 Å². The molecule has 0 saturated heterocycles. The molecule has 0 radical (unpaired) electrons. The lowest BCUT2D eigenvalue weighted by atomic mass is 9.87. The first-order valence-corrected chi connectivity index (χ1v) is 11.3. The van der Waals surface area contributed by atoms with Crippen LogP contribution in [0.15, 0.2) is 58.5 Å². The molecular weight excluding hydrogens is 429 g/mol. The molecule has 0 fully saturated rings. The van der Waals surface area contributed by atoms with E-state index in [2.05, 4.69) is 10.3 Å². The zero-order valence-corrected chi connectivity index (χ0v) is 18.9. The Hall–Kier alpha value is -3.13. The van der Waals surface area contributed by atoms with Crippen molar-refractivity contribution in [3.8, 4) is 5.75 Å². The Balaban J connectivity index is 1.65. The lowest BCUT2D eigenvalue weighted by molar-refractivity contribution is -0.116. The summed E-state index contributed by atoms with van der Waals surface area (Å²) in [4.78, 5) is 29.8. The number of nitrogens with zero attached hydrogens (tertiary/aromatic N) is 2. The van der Waals surface area contributed by atoms with Crippen molar-refractivity contribution < 1.29 is 13.9 Å². The number of thioether (sulfide) groups is 1. The van der Waals surface area contributed by atoms with Gasteiger partial charge in [-0.1, -0.05) is 36.0 Å². The largest absolute Gasteiger partial charge is 0.491 e. The van der Waals surface area contributed by atoms with E-state index in [9.17, 15) is 14.0 Å². The van der Waals surface area contributed by atoms with E-state index >= 15 is 0 Å². The Kier molecular flexibility index (Phi) is 6.32. The van der Waals surface area contributed by atoms with Gasteiger partial charge in [0.2, 0.25) is 5.91 Å². The molecule has 0 spiro atoms. The highest BCUT2D eigenvalue weighted by molar-refractivity contribution is 7.98. The van der Waals surface area contributed by atoms with Crippen LogP contribution in [0, 0.1) is 5.82 Å². The number of ether oxygens (including phenoxy) is 1. The topological polar surface area (TPSA) is 73.2 Å². The van der Waals surface area contributed by atoms with E-state index < -0.39 is 0 Å². The molecular formula is C24H24FN3O3S. The summed E-state index contributed by atoms with van der Waals surface area (Å²) in [6.45, 7) is 3.91. The van der Waals surface area contributed by atoms with Gasteiger partial charge in [0.05, 0.1) is 11.7 Å². The Morgan fingerprint density at radius 3 is 2.50 bits per heavy atom. The SMILES string of the molecule is CC(C)Oc1ccc(C2CC(=O)Nc3c2c(=O)nc(SCc2ccc(F)cc2)n3C)cc1. The molecule has 166 valence electrons. The molecule has 1 N–H and O–H groups in total. The zero-order chi connectivity index (χ0) is 22.8. The number of rotatable bonds is 6. The molecule has 1 amide bonds. The van der Waals surface area contributed by atoms with Crippen LogP contribution in [0.5, 0.6) is 5.75 Å². The molecule has 8 heteroatoms. The molecule has 2 aromatic carbocycles. The molecule has 1 aromatic heterocycles. The average molecular weight is 454 g/mol. The Bertz CT molecular complexity index is 1190. The monoisotopic (exact) mass is 453 g/mol. The minimum atomic E-state index is -0.380. The summed E-state index contributed by atoms with van der Waals surface area (Å²) in [5.74, 6) is 0.900. The molecule has 0 bridgehead atoms. The predicted octanol–water partition coefficient (Wildman–Crippen LogP) is 4.47. The summed E-state index contributed by atoms with van der Waals surface area (Å²) in [6.07, 6.45) is 0.237. The van der Waals surface area contributed by atoms with Crippen LogP contribution in [0.2, 0.25) is 0 Å². The van der Waals surface area contributed by atoms with Crippen molar-refractivity contribution in [3.05, 3.63) is 81.4 Å². The third-order valence-electron chi connectivity index (χ3n) is 5.24.